The molecule has 3 unspecified atom stereocenters. The molecule has 0 bridgehead atoms. The van der Waals surface area contributed by atoms with Crippen molar-refractivity contribution in [2.24, 2.45) is 5.92 Å². The first-order valence-electron chi connectivity index (χ1n) is 6.65. The quantitative estimate of drug-likeness (QED) is 0.794. The highest BCUT2D eigenvalue weighted by Gasteiger charge is 2.35. The maximum absolute atomic E-state index is 12.4. The van der Waals surface area contributed by atoms with Gasteiger partial charge in [-0.25, -0.2) is 0 Å². The zero-order valence-electron chi connectivity index (χ0n) is 11.7. The maximum atomic E-state index is 12.4. The highest BCUT2D eigenvalue weighted by molar-refractivity contribution is 6.30. The van der Waals surface area contributed by atoms with E-state index in [1.807, 2.05) is 35.2 Å². The maximum Gasteiger partial charge on any atom is 0.245 e. The zero-order valence-corrected chi connectivity index (χ0v) is 12.5. The van der Waals surface area contributed by atoms with Crippen LogP contribution in [0.4, 0.5) is 0 Å². The molecule has 3 nitrogen and oxygen atoms in total. The summed E-state index contributed by atoms with van der Waals surface area (Å²) in [6.45, 7) is 3.74. The number of likely N-dealkylation sites (N-methyl/N-ethyl adjacent to an activating group) is 1. The lowest BCUT2D eigenvalue weighted by molar-refractivity contribution is -0.130. The number of amides is 1. The van der Waals surface area contributed by atoms with E-state index >= 15 is 0 Å². The van der Waals surface area contributed by atoms with Crippen molar-refractivity contribution in [2.45, 2.75) is 18.3 Å². The Kier molecular flexibility index (Phi) is 4.48. The molecular formula is C15H21ClN2O. The third-order valence-electron chi connectivity index (χ3n) is 3.86. The number of rotatable bonds is 3. The van der Waals surface area contributed by atoms with E-state index in [0.717, 1.165) is 18.7 Å². The van der Waals surface area contributed by atoms with Crippen LogP contribution in [0.5, 0.6) is 0 Å². The second-order valence-electron chi connectivity index (χ2n) is 5.52. The second-order valence-corrected chi connectivity index (χ2v) is 5.96. The normalized spacial score (nSPS) is 24.8. The smallest absolute Gasteiger partial charge is 0.245 e. The molecule has 1 saturated heterocycles. The summed E-state index contributed by atoms with van der Waals surface area (Å²) in [4.78, 5) is 16.5. The van der Waals surface area contributed by atoms with Gasteiger partial charge in [-0.2, -0.15) is 0 Å². The van der Waals surface area contributed by atoms with Gasteiger partial charge >= 0.3 is 0 Å². The monoisotopic (exact) mass is 280 g/mol. The summed E-state index contributed by atoms with van der Waals surface area (Å²) in [5.41, 5.74) is 0.870. The van der Waals surface area contributed by atoms with Crippen LogP contribution in [0.15, 0.2) is 30.3 Å². The molecule has 0 spiro atoms. The SMILES string of the molecule is CC1CN(C(=O)C(Cl)c2ccccc2)CC1N(C)C. The van der Waals surface area contributed by atoms with Crippen molar-refractivity contribution in [3.63, 3.8) is 0 Å². The number of nitrogens with zero attached hydrogens (tertiary/aromatic N) is 2. The van der Waals surface area contributed by atoms with Gasteiger partial charge in [-0.15, -0.1) is 11.6 Å². The van der Waals surface area contributed by atoms with E-state index in [9.17, 15) is 4.79 Å². The Hall–Kier alpha value is -1.06. The first kappa shape index (κ1) is 14.4. The van der Waals surface area contributed by atoms with Gasteiger partial charge in [-0.3, -0.25) is 4.79 Å². The Balaban J connectivity index is 2.05. The van der Waals surface area contributed by atoms with Crippen molar-refractivity contribution in [3.8, 4) is 0 Å². The lowest BCUT2D eigenvalue weighted by atomic mass is 10.1. The van der Waals surface area contributed by atoms with Gasteiger partial charge in [0.15, 0.2) is 0 Å². The van der Waals surface area contributed by atoms with Gasteiger partial charge in [0, 0.05) is 19.1 Å². The Morgan fingerprint density at radius 1 is 1.32 bits per heavy atom. The van der Waals surface area contributed by atoms with Gasteiger partial charge in [-0.1, -0.05) is 37.3 Å². The minimum Gasteiger partial charge on any atom is -0.339 e. The molecule has 0 radical (unpaired) electrons. The number of alkyl halides is 1. The molecule has 0 aliphatic carbocycles. The molecule has 1 aliphatic rings. The van der Waals surface area contributed by atoms with Gasteiger partial charge in [-0.05, 0) is 25.6 Å². The highest BCUT2D eigenvalue weighted by Crippen LogP contribution is 2.27. The van der Waals surface area contributed by atoms with Crippen LogP contribution in [0.2, 0.25) is 0 Å². The summed E-state index contributed by atoms with van der Waals surface area (Å²) in [7, 11) is 4.12. The van der Waals surface area contributed by atoms with Crippen LogP contribution in [-0.4, -0.2) is 48.9 Å². The molecule has 0 aromatic heterocycles. The van der Waals surface area contributed by atoms with Crippen LogP contribution in [0.25, 0.3) is 0 Å². The molecule has 0 N–H and O–H groups in total. The molecule has 3 atom stereocenters. The summed E-state index contributed by atoms with van der Waals surface area (Å²) < 4.78 is 0. The topological polar surface area (TPSA) is 23.6 Å². The van der Waals surface area contributed by atoms with Gasteiger partial charge in [0.05, 0.1) is 0 Å². The molecule has 2 rings (SSSR count). The van der Waals surface area contributed by atoms with Crippen molar-refractivity contribution in [1.82, 2.24) is 9.80 Å². The van der Waals surface area contributed by atoms with Gasteiger partial charge in [0.1, 0.15) is 5.38 Å². The highest BCUT2D eigenvalue weighted by atomic mass is 35.5. The minimum absolute atomic E-state index is 0.0177. The second kappa shape index (κ2) is 5.93. The largest absolute Gasteiger partial charge is 0.339 e. The number of hydrogen-bond donors (Lipinski definition) is 0. The molecule has 0 saturated carbocycles. The van der Waals surface area contributed by atoms with Gasteiger partial charge < -0.3 is 9.80 Å². The van der Waals surface area contributed by atoms with E-state index in [2.05, 4.69) is 25.9 Å². The van der Waals surface area contributed by atoms with E-state index < -0.39 is 5.38 Å². The van der Waals surface area contributed by atoms with Gasteiger partial charge in [0.25, 0.3) is 0 Å². The Morgan fingerprint density at radius 2 is 1.95 bits per heavy atom. The molecule has 1 fully saturated rings. The fourth-order valence-corrected chi connectivity index (χ4v) is 3.01. The third-order valence-corrected chi connectivity index (χ3v) is 4.30. The van der Waals surface area contributed by atoms with Gasteiger partial charge in [0.2, 0.25) is 5.91 Å². The van der Waals surface area contributed by atoms with Crippen LogP contribution in [0.1, 0.15) is 17.9 Å². The Labute approximate surface area is 120 Å². The standard InChI is InChI=1S/C15H21ClN2O/c1-11-9-18(10-13(11)17(2)3)15(19)14(16)12-7-5-4-6-8-12/h4-8,11,13-14H,9-10H2,1-3H3. The van der Waals surface area contributed by atoms with E-state index in [-0.39, 0.29) is 5.91 Å². The summed E-state index contributed by atoms with van der Waals surface area (Å²) in [6, 6.07) is 9.97. The van der Waals surface area contributed by atoms with Crippen molar-refractivity contribution in [3.05, 3.63) is 35.9 Å². The average molecular weight is 281 g/mol. The minimum atomic E-state index is -0.575. The van der Waals surface area contributed by atoms with Crippen LogP contribution in [0.3, 0.4) is 0 Å². The zero-order chi connectivity index (χ0) is 14.0. The number of hydrogen-bond acceptors (Lipinski definition) is 2. The van der Waals surface area contributed by atoms with E-state index in [1.54, 1.807) is 0 Å². The molecular weight excluding hydrogens is 260 g/mol. The van der Waals surface area contributed by atoms with Crippen LogP contribution in [0, 0.1) is 5.92 Å². The lowest BCUT2D eigenvalue weighted by Crippen LogP contribution is -2.36. The summed E-state index contributed by atoms with van der Waals surface area (Å²) in [6.07, 6.45) is 0. The molecule has 1 aliphatic heterocycles. The number of likely N-dealkylation sites (tertiary alicyclic amines) is 1. The molecule has 1 aromatic carbocycles. The van der Waals surface area contributed by atoms with Crippen molar-refractivity contribution >= 4 is 17.5 Å². The van der Waals surface area contributed by atoms with Crippen molar-refractivity contribution < 1.29 is 4.79 Å². The Bertz CT molecular complexity index is 435. The number of carbonyl (C=O) groups excluding carboxylic acids is 1. The predicted molar refractivity (Wildman–Crippen MR) is 78.3 cm³/mol. The predicted octanol–water partition coefficient (Wildman–Crippen LogP) is 2.38. The fourth-order valence-electron chi connectivity index (χ4n) is 2.73. The van der Waals surface area contributed by atoms with E-state index in [1.165, 1.54) is 0 Å². The Morgan fingerprint density at radius 3 is 2.47 bits per heavy atom. The molecule has 19 heavy (non-hydrogen) atoms. The van der Waals surface area contributed by atoms with Crippen LogP contribution in [-0.2, 0) is 4.79 Å². The summed E-state index contributed by atoms with van der Waals surface area (Å²) in [5.74, 6) is 0.502. The molecule has 104 valence electrons. The van der Waals surface area contributed by atoms with Crippen LogP contribution < -0.4 is 0 Å². The number of benzene rings is 1. The summed E-state index contributed by atoms with van der Waals surface area (Å²) in [5, 5.41) is -0.575. The van der Waals surface area contributed by atoms with Crippen molar-refractivity contribution in [2.75, 3.05) is 27.2 Å². The van der Waals surface area contributed by atoms with E-state index in [0.29, 0.717) is 12.0 Å². The number of halogens is 1. The fraction of sp³-hybridized carbons (Fsp3) is 0.533. The first-order valence-corrected chi connectivity index (χ1v) is 7.08. The van der Waals surface area contributed by atoms with E-state index in [4.69, 9.17) is 11.6 Å². The molecule has 1 aromatic rings. The lowest BCUT2D eigenvalue weighted by Gasteiger charge is -2.23. The number of carbonyl (C=O) groups is 1. The molecule has 4 heteroatoms. The molecule has 1 heterocycles. The van der Waals surface area contributed by atoms with Crippen molar-refractivity contribution in [1.29, 1.82) is 0 Å². The third kappa shape index (κ3) is 3.10. The first-order chi connectivity index (χ1) is 9.00. The average Bonchev–Trinajstić information content (AvgIpc) is 2.80. The van der Waals surface area contributed by atoms with Crippen LogP contribution >= 0.6 is 11.6 Å². The summed E-state index contributed by atoms with van der Waals surface area (Å²) >= 11 is 6.31. The molecule has 1 amide bonds.